The highest BCUT2D eigenvalue weighted by atomic mass is 16.5. The number of nitrogens with zero attached hydrogens (tertiary/aromatic N) is 5. The van der Waals surface area contributed by atoms with E-state index in [-0.39, 0.29) is 6.10 Å². The molecule has 0 bridgehead atoms. The average Bonchev–Trinajstić information content (AvgIpc) is 3.01. The number of hydrogen-bond acceptors (Lipinski definition) is 5. The lowest BCUT2D eigenvalue weighted by atomic mass is 10.1. The molecule has 0 amide bonds. The zero-order valence-corrected chi connectivity index (χ0v) is 13.1. The zero-order valence-electron chi connectivity index (χ0n) is 13.1. The molecule has 1 aliphatic heterocycles. The smallest absolute Gasteiger partial charge is 0.140 e. The summed E-state index contributed by atoms with van der Waals surface area (Å²) in [6.45, 7) is 6.50. The van der Waals surface area contributed by atoms with Gasteiger partial charge in [0.1, 0.15) is 12.2 Å². The molecule has 0 aromatic carbocycles. The van der Waals surface area contributed by atoms with E-state index >= 15 is 0 Å². The Bertz CT molecular complexity index is 571. The van der Waals surface area contributed by atoms with Gasteiger partial charge in [0.2, 0.25) is 0 Å². The van der Waals surface area contributed by atoms with E-state index in [1.165, 1.54) is 0 Å². The predicted octanol–water partition coefficient (Wildman–Crippen LogP) is 1.87. The molecule has 0 N–H and O–H groups in total. The molecule has 1 atom stereocenters. The maximum Gasteiger partial charge on any atom is 0.140 e. The Balaban J connectivity index is 1.51. The fourth-order valence-electron chi connectivity index (χ4n) is 2.87. The number of hydrogen-bond donors (Lipinski definition) is 0. The Kier molecular flexibility index (Phi) is 5.13. The molecule has 3 rings (SSSR count). The van der Waals surface area contributed by atoms with Gasteiger partial charge in [-0.15, -0.1) is 0 Å². The number of ether oxygens (including phenoxy) is 1. The Morgan fingerprint density at radius 2 is 2.36 bits per heavy atom. The van der Waals surface area contributed by atoms with Gasteiger partial charge in [0.05, 0.1) is 19.3 Å². The monoisotopic (exact) mass is 301 g/mol. The van der Waals surface area contributed by atoms with Gasteiger partial charge in [-0.2, -0.15) is 5.10 Å². The number of rotatable bonds is 6. The quantitative estimate of drug-likeness (QED) is 0.815. The van der Waals surface area contributed by atoms with E-state index in [9.17, 15) is 0 Å². The van der Waals surface area contributed by atoms with Gasteiger partial charge in [-0.25, -0.2) is 9.67 Å². The number of pyridine rings is 1. The zero-order chi connectivity index (χ0) is 15.2. The Hall–Kier alpha value is -1.79. The highest BCUT2D eigenvalue weighted by molar-refractivity contribution is 5.06. The molecule has 2 aromatic rings. The van der Waals surface area contributed by atoms with Gasteiger partial charge in [-0.1, -0.05) is 6.07 Å². The number of aryl methyl sites for hydroxylation is 1. The molecule has 1 saturated heterocycles. The topological polar surface area (TPSA) is 56.1 Å². The first-order valence-corrected chi connectivity index (χ1v) is 7.94. The van der Waals surface area contributed by atoms with Crippen molar-refractivity contribution >= 4 is 0 Å². The lowest BCUT2D eigenvalue weighted by Gasteiger charge is -2.32. The minimum Gasteiger partial charge on any atom is -0.372 e. The lowest BCUT2D eigenvalue weighted by molar-refractivity contribution is -0.0129. The highest BCUT2D eigenvalue weighted by Crippen LogP contribution is 2.16. The molecule has 6 nitrogen and oxygen atoms in total. The summed E-state index contributed by atoms with van der Waals surface area (Å²) in [6, 6.07) is 4.00. The number of aromatic nitrogens is 4. The third kappa shape index (κ3) is 3.90. The van der Waals surface area contributed by atoms with Crippen molar-refractivity contribution < 1.29 is 4.74 Å². The maximum absolute atomic E-state index is 6.05. The predicted molar refractivity (Wildman–Crippen MR) is 83.0 cm³/mol. The van der Waals surface area contributed by atoms with Crippen LogP contribution in [0.1, 0.15) is 31.2 Å². The maximum atomic E-state index is 6.05. The van der Waals surface area contributed by atoms with Crippen LogP contribution in [0.25, 0.3) is 0 Å². The van der Waals surface area contributed by atoms with Gasteiger partial charge in [-0.05, 0) is 37.9 Å². The Morgan fingerprint density at radius 3 is 3.18 bits per heavy atom. The third-order valence-electron chi connectivity index (χ3n) is 4.03. The summed E-state index contributed by atoms with van der Waals surface area (Å²) in [5.74, 6) is 1.04. The van der Waals surface area contributed by atoms with Gasteiger partial charge in [0.15, 0.2) is 0 Å². The highest BCUT2D eigenvalue weighted by Gasteiger charge is 2.21. The molecule has 0 unspecified atom stereocenters. The van der Waals surface area contributed by atoms with E-state index < -0.39 is 0 Å². The minimum atomic E-state index is 0.284. The number of piperidine rings is 1. The summed E-state index contributed by atoms with van der Waals surface area (Å²) < 4.78 is 8.01. The van der Waals surface area contributed by atoms with E-state index in [2.05, 4.69) is 33.0 Å². The van der Waals surface area contributed by atoms with Gasteiger partial charge >= 0.3 is 0 Å². The van der Waals surface area contributed by atoms with Crippen LogP contribution in [0.3, 0.4) is 0 Å². The second kappa shape index (κ2) is 7.47. The molecular formula is C16H23N5O. The summed E-state index contributed by atoms with van der Waals surface area (Å²) in [5, 5.41) is 4.24. The Labute approximate surface area is 131 Å². The van der Waals surface area contributed by atoms with Crippen molar-refractivity contribution in [1.29, 1.82) is 0 Å². The third-order valence-corrected chi connectivity index (χ3v) is 4.03. The summed E-state index contributed by atoms with van der Waals surface area (Å²) in [5.41, 5.74) is 1.13. The molecular weight excluding hydrogens is 278 g/mol. The lowest BCUT2D eigenvalue weighted by Crippen LogP contribution is -2.39. The van der Waals surface area contributed by atoms with Gasteiger partial charge < -0.3 is 4.74 Å². The van der Waals surface area contributed by atoms with Crippen molar-refractivity contribution in [3.63, 3.8) is 0 Å². The summed E-state index contributed by atoms with van der Waals surface area (Å²) >= 11 is 0. The van der Waals surface area contributed by atoms with Gasteiger partial charge in [0.25, 0.3) is 0 Å². The van der Waals surface area contributed by atoms with Crippen LogP contribution in [0.15, 0.2) is 30.9 Å². The molecule has 118 valence electrons. The Morgan fingerprint density at radius 1 is 1.41 bits per heavy atom. The SMILES string of the molecule is CCn1ncnc1CN1CCC[C@H](OCc2cccnc2)C1. The van der Waals surface area contributed by atoms with Crippen LogP contribution in [-0.2, 0) is 24.4 Å². The fraction of sp³-hybridized carbons (Fsp3) is 0.562. The summed E-state index contributed by atoms with van der Waals surface area (Å²) in [7, 11) is 0. The van der Waals surface area contributed by atoms with Gasteiger partial charge in [-0.3, -0.25) is 9.88 Å². The van der Waals surface area contributed by atoms with Crippen molar-refractivity contribution in [1.82, 2.24) is 24.6 Å². The van der Waals surface area contributed by atoms with Gasteiger partial charge in [0, 0.05) is 25.5 Å². The van der Waals surface area contributed by atoms with Crippen LogP contribution in [0.2, 0.25) is 0 Å². The molecule has 1 fully saturated rings. The van der Waals surface area contributed by atoms with E-state index in [1.807, 2.05) is 16.9 Å². The second-order valence-corrected chi connectivity index (χ2v) is 5.66. The molecule has 0 radical (unpaired) electrons. The molecule has 6 heteroatoms. The molecule has 0 aliphatic carbocycles. The largest absolute Gasteiger partial charge is 0.372 e. The standard InChI is InChI=1S/C16H23N5O/c1-2-21-16(18-13-19-21)11-20-8-4-6-15(10-20)22-12-14-5-3-7-17-9-14/h3,5,7,9,13,15H,2,4,6,8,10-12H2,1H3/t15-/m0/s1. The van der Waals surface area contributed by atoms with E-state index in [1.54, 1.807) is 12.5 Å². The summed E-state index contributed by atoms with van der Waals surface area (Å²) in [4.78, 5) is 10.9. The van der Waals surface area contributed by atoms with Crippen LogP contribution < -0.4 is 0 Å². The van der Waals surface area contributed by atoms with E-state index in [0.29, 0.717) is 6.61 Å². The first-order chi connectivity index (χ1) is 10.8. The fourth-order valence-corrected chi connectivity index (χ4v) is 2.87. The molecule has 1 aliphatic rings. The van der Waals surface area contributed by atoms with Crippen LogP contribution >= 0.6 is 0 Å². The van der Waals surface area contributed by atoms with Crippen LogP contribution in [-0.4, -0.2) is 43.8 Å². The molecule has 0 spiro atoms. The second-order valence-electron chi connectivity index (χ2n) is 5.66. The van der Waals surface area contributed by atoms with Crippen molar-refractivity contribution in [2.75, 3.05) is 13.1 Å². The first-order valence-electron chi connectivity index (χ1n) is 7.94. The van der Waals surface area contributed by atoms with Crippen molar-refractivity contribution in [3.8, 4) is 0 Å². The number of likely N-dealkylation sites (tertiary alicyclic amines) is 1. The minimum absolute atomic E-state index is 0.284. The van der Waals surface area contributed by atoms with E-state index in [4.69, 9.17) is 4.74 Å². The van der Waals surface area contributed by atoms with E-state index in [0.717, 1.165) is 50.4 Å². The molecule has 22 heavy (non-hydrogen) atoms. The molecule has 2 aromatic heterocycles. The first kappa shape index (κ1) is 15.1. The van der Waals surface area contributed by atoms with Crippen LogP contribution in [0.5, 0.6) is 0 Å². The van der Waals surface area contributed by atoms with Crippen LogP contribution in [0, 0.1) is 0 Å². The van der Waals surface area contributed by atoms with Crippen molar-refractivity contribution in [2.45, 2.75) is 45.6 Å². The normalized spacial score (nSPS) is 19.4. The molecule has 0 saturated carbocycles. The molecule has 3 heterocycles. The van der Waals surface area contributed by atoms with Crippen molar-refractivity contribution in [2.24, 2.45) is 0 Å². The average molecular weight is 301 g/mol. The van der Waals surface area contributed by atoms with Crippen molar-refractivity contribution in [3.05, 3.63) is 42.2 Å². The van der Waals surface area contributed by atoms with Crippen LogP contribution in [0.4, 0.5) is 0 Å². The summed E-state index contributed by atoms with van der Waals surface area (Å²) in [6.07, 6.45) is 7.86.